The van der Waals surface area contributed by atoms with Crippen LogP contribution < -0.4 is 4.74 Å². The molecule has 0 saturated heterocycles. The molecule has 0 fully saturated rings. The molecule has 1 rings (SSSR count). The maximum atomic E-state index is 12.1. The molecular formula is C10H11F3O2. The first kappa shape index (κ1) is 11.8. The smallest absolute Gasteiger partial charge is 0.425 e. The van der Waals surface area contributed by atoms with E-state index in [1.54, 1.807) is 0 Å². The van der Waals surface area contributed by atoms with Crippen LogP contribution in [0, 0.1) is 0 Å². The zero-order valence-corrected chi connectivity index (χ0v) is 8.08. The van der Waals surface area contributed by atoms with Gasteiger partial charge in [0.25, 0.3) is 0 Å². The molecule has 1 aromatic carbocycles. The van der Waals surface area contributed by atoms with Crippen molar-refractivity contribution in [1.82, 2.24) is 0 Å². The fourth-order valence-electron chi connectivity index (χ4n) is 0.944. The van der Waals surface area contributed by atoms with E-state index in [-0.39, 0.29) is 12.4 Å². The topological polar surface area (TPSA) is 29.5 Å². The molecule has 1 N–H and O–H groups in total. The van der Waals surface area contributed by atoms with Gasteiger partial charge in [-0.25, -0.2) is 0 Å². The van der Waals surface area contributed by atoms with Crippen LogP contribution in [0.5, 0.6) is 5.75 Å². The second-order valence-corrected chi connectivity index (χ2v) is 3.10. The molecule has 0 radical (unpaired) electrons. The maximum Gasteiger partial charge on any atom is 0.425 e. The largest absolute Gasteiger partial charge is 0.481 e. The molecule has 1 aromatic rings. The molecule has 0 bridgehead atoms. The van der Waals surface area contributed by atoms with Gasteiger partial charge >= 0.3 is 6.18 Å². The van der Waals surface area contributed by atoms with Crippen molar-refractivity contribution in [2.45, 2.75) is 25.8 Å². The van der Waals surface area contributed by atoms with E-state index in [1.807, 2.05) is 0 Å². The predicted molar refractivity (Wildman–Crippen MR) is 48.5 cm³/mol. The second-order valence-electron chi connectivity index (χ2n) is 3.10. The van der Waals surface area contributed by atoms with Crippen molar-refractivity contribution in [2.24, 2.45) is 0 Å². The quantitative estimate of drug-likeness (QED) is 0.848. The summed E-state index contributed by atoms with van der Waals surface area (Å²) < 4.78 is 41.0. The lowest BCUT2D eigenvalue weighted by atomic mass is 10.2. The Labute approximate surface area is 85.3 Å². The third kappa shape index (κ3) is 3.43. The lowest BCUT2D eigenvalue weighted by molar-refractivity contribution is -0.189. The average Bonchev–Trinajstić information content (AvgIpc) is 2.17. The maximum absolute atomic E-state index is 12.1. The summed E-state index contributed by atoms with van der Waals surface area (Å²) in [5, 5.41) is 8.72. The van der Waals surface area contributed by atoms with E-state index in [0.29, 0.717) is 5.56 Å². The third-order valence-electron chi connectivity index (χ3n) is 1.88. The minimum Gasteiger partial charge on any atom is -0.481 e. The van der Waals surface area contributed by atoms with Crippen LogP contribution in [0.2, 0.25) is 0 Å². The van der Waals surface area contributed by atoms with Crippen LogP contribution in [0.3, 0.4) is 0 Å². The molecule has 0 aliphatic carbocycles. The van der Waals surface area contributed by atoms with Gasteiger partial charge in [-0.1, -0.05) is 12.1 Å². The fourth-order valence-corrected chi connectivity index (χ4v) is 0.944. The lowest BCUT2D eigenvalue weighted by Crippen LogP contribution is -2.31. The highest BCUT2D eigenvalue weighted by Crippen LogP contribution is 2.24. The Bertz CT molecular complexity index is 305. The Hall–Kier alpha value is -1.23. The number of benzene rings is 1. The van der Waals surface area contributed by atoms with Crippen LogP contribution >= 0.6 is 0 Å². The SMILES string of the molecule is C[C@@H](Oc1ccc(CO)cc1)C(F)(F)F. The molecule has 0 saturated carbocycles. The summed E-state index contributed by atoms with van der Waals surface area (Å²) in [5.74, 6) is 0.136. The molecule has 2 nitrogen and oxygen atoms in total. The van der Waals surface area contributed by atoms with Crippen molar-refractivity contribution in [3.8, 4) is 5.75 Å². The number of halogens is 3. The Morgan fingerprint density at radius 1 is 1.27 bits per heavy atom. The van der Waals surface area contributed by atoms with Gasteiger partial charge in [-0.3, -0.25) is 0 Å². The lowest BCUT2D eigenvalue weighted by Gasteiger charge is -2.17. The van der Waals surface area contributed by atoms with Crippen molar-refractivity contribution in [1.29, 1.82) is 0 Å². The Kier molecular flexibility index (Phi) is 3.57. The van der Waals surface area contributed by atoms with E-state index in [9.17, 15) is 13.2 Å². The summed E-state index contributed by atoms with van der Waals surface area (Å²) in [4.78, 5) is 0. The highest BCUT2D eigenvalue weighted by Gasteiger charge is 2.37. The van der Waals surface area contributed by atoms with Gasteiger partial charge in [-0.15, -0.1) is 0 Å². The van der Waals surface area contributed by atoms with Crippen molar-refractivity contribution in [3.05, 3.63) is 29.8 Å². The number of ether oxygens (including phenoxy) is 1. The Morgan fingerprint density at radius 3 is 2.20 bits per heavy atom. The summed E-state index contributed by atoms with van der Waals surface area (Å²) >= 11 is 0. The van der Waals surface area contributed by atoms with Crippen LogP contribution in [0.15, 0.2) is 24.3 Å². The van der Waals surface area contributed by atoms with E-state index in [1.165, 1.54) is 24.3 Å². The summed E-state index contributed by atoms with van der Waals surface area (Å²) in [6, 6.07) is 5.82. The predicted octanol–water partition coefficient (Wildman–Crippen LogP) is 2.51. The molecular weight excluding hydrogens is 209 g/mol. The highest BCUT2D eigenvalue weighted by molar-refractivity contribution is 5.27. The van der Waals surface area contributed by atoms with E-state index < -0.39 is 12.3 Å². The molecule has 84 valence electrons. The second kappa shape index (κ2) is 4.53. The first-order chi connectivity index (χ1) is 6.93. The van der Waals surface area contributed by atoms with Gasteiger partial charge in [0.15, 0.2) is 6.10 Å². The number of aliphatic hydroxyl groups excluding tert-OH is 1. The molecule has 15 heavy (non-hydrogen) atoms. The normalized spacial score (nSPS) is 13.7. The van der Waals surface area contributed by atoms with Gasteiger partial charge in [0.2, 0.25) is 0 Å². The monoisotopic (exact) mass is 220 g/mol. The van der Waals surface area contributed by atoms with Crippen LogP contribution in [-0.4, -0.2) is 17.4 Å². The molecule has 0 aliphatic heterocycles. The van der Waals surface area contributed by atoms with Crippen LogP contribution in [0.1, 0.15) is 12.5 Å². The van der Waals surface area contributed by atoms with Crippen LogP contribution in [0.4, 0.5) is 13.2 Å². The van der Waals surface area contributed by atoms with Gasteiger partial charge in [0.1, 0.15) is 5.75 Å². The fraction of sp³-hybridized carbons (Fsp3) is 0.400. The summed E-state index contributed by atoms with van der Waals surface area (Å²) in [5.41, 5.74) is 0.627. The van der Waals surface area contributed by atoms with Crippen molar-refractivity contribution in [3.63, 3.8) is 0 Å². The number of alkyl halides is 3. The van der Waals surface area contributed by atoms with E-state index in [0.717, 1.165) is 6.92 Å². The Morgan fingerprint density at radius 2 is 1.80 bits per heavy atom. The number of rotatable bonds is 3. The minimum absolute atomic E-state index is 0.136. The van der Waals surface area contributed by atoms with E-state index >= 15 is 0 Å². The Balaban J connectivity index is 2.65. The minimum atomic E-state index is -4.37. The van der Waals surface area contributed by atoms with Gasteiger partial charge in [-0.05, 0) is 24.6 Å². The van der Waals surface area contributed by atoms with E-state index in [2.05, 4.69) is 4.74 Å². The first-order valence-corrected chi connectivity index (χ1v) is 4.36. The van der Waals surface area contributed by atoms with E-state index in [4.69, 9.17) is 5.11 Å². The van der Waals surface area contributed by atoms with Gasteiger partial charge in [-0.2, -0.15) is 13.2 Å². The molecule has 0 aliphatic rings. The standard InChI is InChI=1S/C10H11F3O2/c1-7(10(11,12)13)15-9-4-2-8(6-14)3-5-9/h2-5,7,14H,6H2,1H3/t7-/m1/s1. The zero-order chi connectivity index (χ0) is 11.5. The number of hydrogen-bond donors (Lipinski definition) is 1. The summed E-state index contributed by atoms with van der Waals surface area (Å²) in [7, 11) is 0. The first-order valence-electron chi connectivity index (χ1n) is 4.36. The summed E-state index contributed by atoms with van der Waals surface area (Å²) in [6.07, 6.45) is -6.20. The molecule has 1 atom stereocenters. The number of aliphatic hydroxyl groups is 1. The zero-order valence-electron chi connectivity index (χ0n) is 8.08. The molecule has 0 spiro atoms. The highest BCUT2D eigenvalue weighted by atomic mass is 19.4. The van der Waals surface area contributed by atoms with Gasteiger partial charge < -0.3 is 9.84 Å². The van der Waals surface area contributed by atoms with Crippen LogP contribution in [0.25, 0.3) is 0 Å². The van der Waals surface area contributed by atoms with Crippen LogP contribution in [-0.2, 0) is 6.61 Å². The molecule has 0 amide bonds. The van der Waals surface area contributed by atoms with Gasteiger partial charge in [0.05, 0.1) is 6.61 Å². The molecule has 0 unspecified atom stereocenters. The molecule has 0 aromatic heterocycles. The third-order valence-corrected chi connectivity index (χ3v) is 1.88. The van der Waals surface area contributed by atoms with Crippen molar-refractivity contribution < 1.29 is 23.0 Å². The van der Waals surface area contributed by atoms with Crippen molar-refractivity contribution >= 4 is 0 Å². The number of hydrogen-bond acceptors (Lipinski definition) is 2. The van der Waals surface area contributed by atoms with Crippen molar-refractivity contribution in [2.75, 3.05) is 0 Å². The summed E-state index contributed by atoms with van der Waals surface area (Å²) in [6.45, 7) is 0.801. The molecule has 0 heterocycles. The average molecular weight is 220 g/mol. The molecule has 5 heteroatoms. The van der Waals surface area contributed by atoms with Gasteiger partial charge in [0, 0.05) is 0 Å².